The van der Waals surface area contributed by atoms with Gasteiger partial charge in [0.2, 0.25) is 17.6 Å². The highest BCUT2D eigenvalue weighted by atomic mass is 16.5. The van der Waals surface area contributed by atoms with Crippen LogP contribution in [0.25, 0.3) is 11.4 Å². The molecular weight excluding hydrogens is 390 g/mol. The van der Waals surface area contributed by atoms with Crippen molar-refractivity contribution in [1.29, 1.82) is 0 Å². The summed E-state index contributed by atoms with van der Waals surface area (Å²) in [5, 5.41) is 7.44. The Labute approximate surface area is 185 Å². The third-order valence-corrected chi connectivity index (χ3v) is 7.21. The number of benzene rings is 1. The Kier molecular flexibility index (Phi) is 7.02. The van der Waals surface area contributed by atoms with Crippen LogP contribution in [0.4, 0.5) is 0 Å². The van der Waals surface area contributed by atoms with Crippen LogP contribution < -0.4 is 5.32 Å². The summed E-state index contributed by atoms with van der Waals surface area (Å²) in [6, 6.07) is 10.3. The lowest BCUT2D eigenvalue weighted by atomic mass is 9.78. The molecule has 1 aromatic heterocycles. The van der Waals surface area contributed by atoms with Gasteiger partial charge < -0.3 is 9.84 Å². The number of aromatic nitrogens is 2. The summed E-state index contributed by atoms with van der Waals surface area (Å²) in [4.78, 5) is 21.8. The van der Waals surface area contributed by atoms with Gasteiger partial charge in [-0.25, -0.2) is 0 Å². The third-order valence-electron chi connectivity index (χ3n) is 7.21. The first-order chi connectivity index (χ1) is 15.0. The molecule has 2 heterocycles. The van der Waals surface area contributed by atoms with Gasteiger partial charge in [0.25, 0.3) is 0 Å². The van der Waals surface area contributed by atoms with Crippen molar-refractivity contribution in [2.75, 3.05) is 32.7 Å². The van der Waals surface area contributed by atoms with E-state index >= 15 is 0 Å². The molecule has 1 amide bonds. The minimum Gasteiger partial charge on any atom is -0.352 e. The molecule has 0 spiro atoms. The zero-order chi connectivity index (χ0) is 21.8. The highest BCUT2D eigenvalue weighted by molar-refractivity contribution is 5.78. The van der Waals surface area contributed by atoms with E-state index in [1.54, 1.807) is 0 Å². The molecule has 4 atom stereocenters. The smallest absolute Gasteiger partial charge is 0.244 e. The van der Waals surface area contributed by atoms with Crippen LogP contribution in [0, 0.1) is 11.8 Å². The van der Waals surface area contributed by atoms with Crippen molar-refractivity contribution >= 4 is 5.91 Å². The van der Waals surface area contributed by atoms with E-state index in [9.17, 15) is 4.79 Å². The van der Waals surface area contributed by atoms with Gasteiger partial charge >= 0.3 is 0 Å². The fourth-order valence-electron chi connectivity index (χ4n) is 4.82. The first kappa shape index (κ1) is 22.0. The van der Waals surface area contributed by atoms with Crippen LogP contribution in [-0.2, 0) is 4.79 Å². The summed E-state index contributed by atoms with van der Waals surface area (Å²) in [5.41, 5.74) is 0.960. The van der Waals surface area contributed by atoms with Gasteiger partial charge in [-0.2, -0.15) is 4.98 Å². The maximum Gasteiger partial charge on any atom is 0.244 e. The van der Waals surface area contributed by atoms with Gasteiger partial charge in [0.1, 0.15) is 0 Å². The second-order valence-electron chi connectivity index (χ2n) is 9.25. The monoisotopic (exact) mass is 425 g/mol. The van der Waals surface area contributed by atoms with E-state index in [2.05, 4.69) is 46.0 Å². The molecule has 168 valence electrons. The zero-order valence-corrected chi connectivity index (χ0v) is 19.0. The van der Waals surface area contributed by atoms with Gasteiger partial charge in [-0.15, -0.1) is 0 Å². The Morgan fingerprint density at radius 2 is 1.90 bits per heavy atom. The van der Waals surface area contributed by atoms with Crippen molar-refractivity contribution in [1.82, 2.24) is 25.3 Å². The third kappa shape index (κ3) is 5.33. The molecule has 4 rings (SSSR count). The number of carbonyl (C=O) groups is 1. The van der Waals surface area contributed by atoms with Gasteiger partial charge in [-0.1, -0.05) is 62.2 Å². The number of amides is 1. The lowest BCUT2D eigenvalue weighted by Crippen LogP contribution is -2.52. The van der Waals surface area contributed by atoms with Crippen LogP contribution in [0.2, 0.25) is 0 Å². The fraction of sp³-hybridized carbons (Fsp3) is 0.625. The molecule has 1 saturated carbocycles. The van der Waals surface area contributed by atoms with E-state index in [0.717, 1.165) is 38.2 Å². The van der Waals surface area contributed by atoms with Crippen molar-refractivity contribution < 1.29 is 9.32 Å². The fourth-order valence-corrected chi connectivity index (χ4v) is 4.82. The summed E-state index contributed by atoms with van der Waals surface area (Å²) in [5.74, 6) is 2.69. The molecule has 1 N–H and O–H groups in total. The van der Waals surface area contributed by atoms with E-state index in [1.165, 1.54) is 12.8 Å². The predicted octanol–water partition coefficient (Wildman–Crippen LogP) is 3.36. The summed E-state index contributed by atoms with van der Waals surface area (Å²) in [6.07, 6.45) is 3.60. The SMILES string of the molecule is CC1CCCC(NC(=O)CN2CCN(C(C)c3nc(-c4ccccc4)no3)CC2)C1C. The number of nitrogens with one attached hydrogen (secondary N) is 1. The minimum absolute atomic E-state index is 0.0607. The van der Waals surface area contributed by atoms with Crippen molar-refractivity contribution in [2.24, 2.45) is 11.8 Å². The maximum atomic E-state index is 12.6. The minimum atomic E-state index is 0.0607. The molecule has 1 aromatic carbocycles. The van der Waals surface area contributed by atoms with Crippen LogP contribution in [-0.4, -0.2) is 64.6 Å². The lowest BCUT2D eigenvalue weighted by Gasteiger charge is -2.37. The van der Waals surface area contributed by atoms with E-state index in [0.29, 0.717) is 36.1 Å². The quantitative estimate of drug-likeness (QED) is 0.765. The highest BCUT2D eigenvalue weighted by Crippen LogP contribution is 2.29. The average molecular weight is 426 g/mol. The molecule has 7 heteroatoms. The second kappa shape index (κ2) is 9.92. The Hall–Kier alpha value is -2.25. The molecule has 1 aliphatic carbocycles. The molecule has 2 aromatic rings. The Balaban J connectivity index is 1.25. The van der Waals surface area contributed by atoms with Crippen molar-refractivity contribution in [3.63, 3.8) is 0 Å². The van der Waals surface area contributed by atoms with Crippen LogP contribution >= 0.6 is 0 Å². The molecule has 1 saturated heterocycles. The van der Waals surface area contributed by atoms with Gasteiger partial charge in [0, 0.05) is 37.8 Å². The summed E-state index contributed by atoms with van der Waals surface area (Å²) in [6.45, 7) is 10.7. The standard InChI is InChI=1S/C24H35N5O2/c1-17-8-7-11-21(18(17)2)25-22(30)16-28-12-14-29(15-13-28)19(3)24-26-23(27-31-24)20-9-5-4-6-10-20/h4-6,9-10,17-19,21H,7-8,11-16H2,1-3H3,(H,25,30). The number of nitrogens with zero attached hydrogens (tertiary/aromatic N) is 4. The van der Waals surface area contributed by atoms with E-state index < -0.39 is 0 Å². The van der Waals surface area contributed by atoms with E-state index in [4.69, 9.17) is 4.52 Å². The molecule has 4 unspecified atom stereocenters. The molecule has 0 bridgehead atoms. The molecule has 1 aliphatic heterocycles. The Bertz CT molecular complexity index is 847. The molecule has 2 aliphatic rings. The second-order valence-corrected chi connectivity index (χ2v) is 9.25. The number of carbonyl (C=O) groups excluding carboxylic acids is 1. The Morgan fingerprint density at radius 3 is 2.65 bits per heavy atom. The lowest BCUT2D eigenvalue weighted by molar-refractivity contribution is -0.124. The summed E-state index contributed by atoms with van der Waals surface area (Å²) >= 11 is 0. The molecule has 2 fully saturated rings. The summed E-state index contributed by atoms with van der Waals surface area (Å²) in [7, 11) is 0. The topological polar surface area (TPSA) is 74.5 Å². The first-order valence-electron chi connectivity index (χ1n) is 11.7. The normalized spacial score (nSPS) is 26.5. The van der Waals surface area contributed by atoms with Gasteiger partial charge in [0.05, 0.1) is 12.6 Å². The van der Waals surface area contributed by atoms with Gasteiger partial charge in [0.15, 0.2) is 0 Å². The van der Waals surface area contributed by atoms with Crippen molar-refractivity contribution in [3.05, 3.63) is 36.2 Å². The van der Waals surface area contributed by atoms with Crippen LogP contribution in [0.3, 0.4) is 0 Å². The number of hydrogen-bond acceptors (Lipinski definition) is 6. The number of rotatable bonds is 6. The number of hydrogen-bond donors (Lipinski definition) is 1. The van der Waals surface area contributed by atoms with Gasteiger partial charge in [-0.05, 0) is 25.2 Å². The number of piperazine rings is 1. The molecule has 7 nitrogen and oxygen atoms in total. The summed E-state index contributed by atoms with van der Waals surface area (Å²) < 4.78 is 5.55. The van der Waals surface area contributed by atoms with E-state index in [-0.39, 0.29) is 11.9 Å². The largest absolute Gasteiger partial charge is 0.352 e. The zero-order valence-electron chi connectivity index (χ0n) is 19.0. The Morgan fingerprint density at radius 1 is 1.16 bits per heavy atom. The van der Waals surface area contributed by atoms with Crippen molar-refractivity contribution in [2.45, 2.75) is 52.1 Å². The van der Waals surface area contributed by atoms with Gasteiger partial charge in [-0.3, -0.25) is 14.6 Å². The van der Waals surface area contributed by atoms with Crippen LogP contribution in [0.15, 0.2) is 34.9 Å². The van der Waals surface area contributed by atoms with Crippen molar-refractivity contribution in [3.8, 4) is 11.4 Å². The maximum absolute atomic E-state index is 12.6. The molecule has 0 radical (unpaired) electrons. The average Bonchev–Trinajstić information content (AvgIpc) is 3.28. The first-order valence-corrected chi connectivity index (χ1v) is 11.7. The highest BCUT2D eigenvalue weighted by Gasteiger charge is 2.30. The predicted molar refractivity (Wildman–Crippen MR) is 120 cm³/mol. The van der Waals surface area contributed by atoms with Crippen LogP contribution in [0.1, 0.15) is 52.0 Å². The van der Waals surface area contributed by atoms with E-state index in [1.807, 2.05) is 30.3 Å². The molecule has 31 heavy (non-hydrogen) atoms. The molecular formula is C24H35N5O2. The van der Waals surface area contributed by atoms with Crippen LogP contribution in [0.5, 0.6) is 0 Å².